The van der Waals surface area contributed by atoms with Gasteiger partial charge in [0.15, 0.2) is 0 Å². The molecule has 0 heterocycles. The van der Waals surface area contributed by atoms with Crippen molar-refractivity contribution in [3.05, 3.63) is 29.8 Å². The summed E-state index contributed by atoms with van der Waals surface area (Å²) >= 11 is 0. The van der Waals surface area contributed by atoms with Crippen LogP contribution in [0.4, 0.5) is 5.69 Å². The molecule has 3 N–H and O–H groups in total. The molecule has 0 radical (unpaired) electrons. The van der Waals surface area contributed by atoms with E-state index in [1.807, 2.05) is 0 Å². The summed E-state index contributed by atoms with van der Waals surface area (Å²) in [5.41, 5.74) is 6.89. The first-order valence-corrected chi connectivity index (χ1v) is 6.24. The van der Waals surface area contributed by atoms with Crippen molar-refractivity contribution in [3.63, 3.8) is 0 Å². The molecule has 1 rings (SSSR count). The van der Waals surface area contributed by atoms with Crippen molar-refractivity contribution >= 4 is 23.5 Å². The molecule has 114 valence electrons. The van der Waals surface area contributed by atoms with Crippen molar-refractivity contribution in [1.29, 1.82) is 0 Å². The molecule has 0 bridgehead atoms. The lowest BCUT2D eigenvalue weighted by Gasteiger charge is -2.15. The van der Waals surface area contributed by atoms with Crippen LogP contribution in [0.1, 0.15) is 12.0 Å². The minimum absolute atomic E-state index is 0.0644. The third-order valence-electron chi connectivity index (χ3n) is 2.76. The largest absolute Gasteiger partial charge is 0.469 e. The van der Waals surface area contributed by atoms with Gasteiger partial charge in [0.25, 0.3) is 0 Å². The Morgan fingerprint density at radius 1 is 1.14 bits per heavy atom. The molecule has 1 atom stereocenters. The van der Waals surface area contributed by atoms with Crippen molar-refractivity contribution in [2.24, 2.45) is 0 Å². The summed E-state index contributed by atoms with van der Waals surface area (Å²) in [4.78, 5) is 34.7. The van der Waals surface area contributed by atoms with Crippen LogP contribution in [-0.2, 0) is 30.3 Å². The van der Waals surface area contributed by atoms with E-state index in [4.69, 9.17) is 5.73 Å². The number of methoxy groups -OCH3 is 2. The maximum Gasteiger partial charge on any atom is 0.328 e. The molecule has 1 amide bonds. The normalized spacial score (nSPS) is 11.3. The van der Waals surface area contributed by atoms with Gasteiger partial charge in [0.05, 0.1) is 27.1 Å². The fourth-order valence-electron chi connectivity index (χ4n) is 1.65. The molecule has 1 aromatic carbocycles. The lowest BCUT2D eigenvalue weighted by atomic mass is 10.1. The predicted molar refractivity (Wildman–Crippen MR) is 75.1 cm³/mol. The van der Waals surface area contributed by atoms with Crippen molar-refractivity contribution in [1.82, 2.24) is 5.32 Å². The molecule has 0 saturated carbocycles. The van der Waals surface area contributed by atoms with Gasteiger partial charge < -0.3 is 20.5 Å². The van der Waals surface area contributed by atoms with E-state index in [1.54, 1.807) is 24.3 Å². The molecule has 1 aromatic rings. The molecule has 0 spiro atoms. The second-order valence-corrected chi connectivity index (χ2v) is 4.34. The monoisotopic (exact) mass is 294 g/mol. The highest BCUT2D eigenvalue weighted by Crippen LogP contribution is 2.06. The van der Waals surface area contributed by atoms with Crippen LogP contribution in [0.5, 0.6) is 0 Å². The highest BCUT2D eigenvalue weighted by molar-refractivity contribution is 5.88. The minimum atomic E-state index is -1.07. The van der Waals surface area contributed by atoms with Crippen LogP contribution in [0.2, 0.25) is 0 Å². The highest BCUT2D eigenvalue weighted by atomic mass is 16.5. The number of nitrogens with two attached hydrogens (primary N) is 1. The molecule has 0 saturated heterocycles. The van der Waals surface area contributed by atoms with Crippen LogP contribution >= 0.6 is 0 Å². The number of ether oxygens (including phenoxy) is 2. The van der Waals surface area contributed by atoms with E-state index in [-0.39, 0.29) is 12.8 Å². The zero-order valence-corrected chi connectivity index (χ0v) is 11.9. The second kappa shape index (κ2) is 7.88. The van der Waals surface area contributed by atoms with E-state index in [2.05, 4.69) is 14.8 Å². The van der Waals surface area contributed by atoms with E-state index in [0.717, 1.165) is 5.56 Å². The molecule has 21 heavy (non-hydrogen) atoms. The van der Waals surface area contributed by atoms with Gasteiger partial charge in [-0.05, 0) is 17.7 Å². The topological polar surface area (TPSA) is 108 Å². The summed E-state index contributed by atoms with van der Waals surface area (Å²) < 4.78 is 9.02. The Hall–Kier alpha value is -2.57. The van der Waals surface area contributed by atoms with E-state index in [1.165, 1.54) is 14.2 Å². The summed E-state index contributed by atoms with van der Waals surface area (Å²) in [5, 5.41) is 2.45. The number of amides is 1. The van der Waals surface area contributed by atoms with Gasteiger partial charge in [0.2, 0.25) is 5.91 Å². The number of benzene rings is 1. The van der Waals surface area contributed by atoms with Gasteiger partial charge in [0, 0.05) is 5.69 Å². The molecule has 1 unspecified atom stereocenters. The zero-order valence-electron chi connectivity index (χ0n) is 11.9. The number of carbonyl (C=O) groups excluding carboxylic acids is 3. The van der Waals surface area contributed by atoms with Gasteiger partial charge >= 0.3 is 11.9 Å². The lowest BCUT2D eigenvalue weighted by Crippen LogP contribution is -2.43. The Morgan fingerprint density at radius 2 is 1.76 bits per heavy atom. The Morgan fingerprint density at radius 3 is 2.29 bits per heavy atom. The summed E-state index contributed by atoms with van der Waals surface area (Å²) in [7, 11) is 2.38. The number of rotatable bonds is 6. The van der Waals surface area contributed by atoms with E-state index >= 15 is 0 Å². The molecule has 0 aliphatic heterocycles. The Kier molecular flexibility index (Phi) is 6.19. The molecule has 0 fully saturated rings. The molecule has 0 aromatic heterocycles. The fraction of sp³-hybridized carbons (Fsp3) is 0.357. The Bertz CT molecular complexity index is 513. The highest BCUT2D eigenvalue weighted by Gasteiger charge is 2.25. The van der Waals surface area contributed by atoms with E-state index in [0.29, 0.717) is 5.69 Å². The van der Waals surface area contributed by atoms with E-state index < -0.39 is 23.9 Å². The fourth-order valence-corrected chi connectivity index (χ4v) is 1.65. The average Bonchev–Trinajstić information content (AvgIpc) is 2.47. The van der Waals surface area contributed by atoms with Crippen LogP contribution in [0, 0.1) is 0 Å². The quantitative estimate of drug-likeness (QED) is 0.566. The number of nitrogen functional groups attached to an aromatic ring is 1. The van der Waals surface area contributed by atoms with Gasteiger partial charge in [-0.1, -0.05) is 12.1 Å². The second-order valence-electron chi connectivity index (χ2n) is 4.34. The lowest BCUT2D eigenvalue weighted by molar-refractivity contribution is -0.150. The third kappa shape index (κ3) is 5.52. The van der Waals surface area contributed by atoms with Gasteiger partial charge in [-0.25, -0.2) is 4.79 Å². The van der Waals surface area contributed by atoms with Crippen LogP contribution in [0.25, 0.3) is 0 Å². The zero-order chi connectivity index (χ0) is 15.8. The van der Waals surface area contributed by atoms with Crippen LogP contribution in [0.3, 0.4) is 0 Å². The molecular formula is C14H18N2O5. The van der Waals surface area contributed by atoms with Crippen molar-refractivity contribution in [2.45, 2.75) is 18.9 Å². The number of hydrogen-bond donors (Lipinski definition) is 2. The van der Waals surface area contributed by atoms with Crippen LogP contribution < -0.4 is 11.1 Å². The first kappa shape index (κ1) is 16.5. The number of hydrogen-bond acceptors (Lipinski definition) is 6. The molecule has 7 nitrogen and oxygen atoms in total. The van der Waals surface area contributed by atoms with Gasteiger partial charge in [0.1, 0.15) is 6.04 Å². The smallest absolute Gasteiger partial charge is 0.328 e. The predicted octanol–water partition coefficient (Wildman–Crippen LogP) is 0.0322. The molecule has 0 aliphatic carbocycles. The Balaban J connectivity index is 2.64. The summed E-state index contributed by atoms with van der Waals surface area (Å²) in [6.45, 7) is 0. The van der Waals surface area contributed by atoms with Crippen molar-refractivity contribution < 1.29 is 23.9 Å². The van der Waals surface area contributed by atoms with Crippen LogP contribution in [-0.4, -0.2) is 38.1 Å². The summed E-state index contributed by atoms with van der Waals surface area (Å²) in [6.07, 6.45) is -0.217. The third-order valence-corrected chi connectivity index (χ3v) is 2.76. The standard InChI is InChI=1S/C14H18N2O5/c1-20-13(18)8-11(14(19)21-2)16-12(17)7-9-3-5-10(15)6-4-9/h3-6,11H,7-8,15H2,1-2H3,(H,16,17). The first-order chi connectivity index (χ1) is 9.96. The maximum absolute atomic E-state index is 11.9. The van der Waals surface area contributed by atoms with Crippen LogP contribution in [0.15, 0.2) is 24.3 Å². The molecular weight excluding hydrogens is 276 g/mol. The SMILES string of the molecule is COC(=O)CC(NC(=O)Cc1ccc(N)cc1)C(=O)OC. The number of carbonyl (C=O) groups is 3. The van der Waals surface area contributed by atoms with Gasteiger partial charge in [-0.15, -0.1) is 0 Å². The Labute approximate surface area is 122 Å². The maximum atomic E-state index is 11.9. The summed E-state index contributed by atoms with van der Waals surface area (Å²) in [6, 6.07) is 5.71. The van der Waals surface area contributed by atoms with Gasteiger partial charge in [-0.2, -0.15) is 0 Å². The average molecular weight is 294 g/mol. The number of anilines is 1. The van der Waals surface area contributed by atoms with Gasteiger partial charge in [-0.3, -0.25) is 9.59 Å². The van der Waals surface area contributed by atoms with E-state index in [9.17, 15) is 14.4 Å². The number of esters is 2. The number of nitrogens with one attached hydrogen (secondary N) is 1. The first-order valence-electron chi connectivity index (χ1n) is 6.24. The molecule has 0 aliphatic rings. The minimum Gasteiger partial charge on any atom is -0.469 e. The summed E-state index contributed by atoms with van der Waals surface area (Å²) in [5.74, 6) is -1.72. The molecule has 7 heteroatoms. The van der Waals surface area contributed by atoms with Crippen molar-refractivity contribution in [3.8, 4) is 0 Å². The van der Waals surface area contributed by atoms with Crippen molar-refractivity contribution in [2.75, 3.05) is 20.0 Å².